The lowest BCUT2D eigenvalue weighted by Gasteiger charge is -2.37. The maximum atomic E-state index is 12.0. The minimum atomic E-state index is -1.23. The van der Waals surface area contributed by atoms with Crippen LogP contribution in [0.2, 0.25) is 0 Å². The van der Waals surface area contributed by atoms with E-state index >= 15 is 0 Å². The van der Waals surface area contributed by atoms with Crippen LogP contribution in [0.1, 0.15) is 46.5 Å². The van der Waals surface area contributed by atoms with Gasteiger partial charge in [-0.3, -0.25) is 4.79 Å². The second-order valence-corrected chi connectivity index (χ2v) is 5.80. The van der Waals surface area contributed by atoms with Crippen LogP contribution >= 0.6 is 0 Å². The number of hydrogen-bond acceptors (Lipinski definition) is 3. The molecule has 0 saturated heterocycles. The lowest BCUT2D eigenvalue weighted by molar-refractivity contribution is -0.146. The second-order valence-electron chi connectivity index (χ2n) is 5.80. The molecule has 120 valence electrons. The first-order chi connectivity index (χ1) is 9.80. The molecule has 1 saturated carbocycles. The summed E-state index contributed by atoms with van der Waals surface area (Å²) in [5.41, 5.74) is -1.23. The van der Waals surface area contributed by atoms with E-state index in [4.69, 9.17) is 0 Å². The van der Waals surface area contributed by atoms with Crippen molar-refractivity contribution in [1.82, 2.24) is 16.0 Å². The molecule has 3 unspecified atom stereocenters. The summed E-state index contributed by atoms with van der Waals surface area (Å²) in [6, 6.07) is -1.33. The van der Waals surface area contributed by atoms with Crippen LogP contribution in [0.3, 0.4) is 0 Å². The molecule has 3 atom stereocenters. The summed E-state index contributed by atoms with van der Waals surface area (Å²) in [7, 11) is 0. The first-order valence-corrected chi connectivity index (χ1v) is 7.40. The van der Waals surface area contributed by atoms with Crippen molar-refractivity contribution in [3.8, 4) is 0 Å². The summed E-state index contributed by atoms with van der Waals surface area (Å²) in [6.07, 6.45) is 2.55. The van der Waals surface area contributed by atoms with Crippen LogP contribution in [-0.2, 0) is 9.59 Å². The molecule has 1 rings (SSSR count). The lowest BCUT2D eigenvalue weighted by Crippen LogP contribution is -2.60. The topological polar surface area (TPSA) is 108 Å². The number of rotatable bonds is 5. The molecule has 0 aromatic carbocycles. The highest BCUT2D eigenvalue weighted by Crippen LogP contribution is 2.32. The van der Waals surface area contributed by atoms with Crippen molar-refractivity contribution < 1.29 is 19.5 Å². The van der Waals surface area contributed by atoms with Crippen molar-refractivity contribution in [2.24, 2.45) is 5.92 Å². The number of nitrogens with one attached hydrogen (secondary N) is 3. The number of likely N-dealkylation sites (N-methyl/N-ethyl adjacent to an activating group) is 1. The minimum Gasteiger partial charge on any atom is -0.480 e. The van der Waals surface area contributed by atoms with Gasteiger partial charge in [0.2, 0.25) is 5.91 Å². The molecule has 0 radical (unpaired) electrons. The molecular formula is C14H25N3O4. The van der Waals surface area contributed by atoms with Gasteiger partial charge in [-0.2, -0.15) is 0 Å². The Balaban J connectivity index is 2.65. The van der Waals surface area contributed by atoms with Crippen LogP contribution in [-0.4, -0.2) is 41.1 Å². The summed E-state index contributed by atoms with van der Waals surface area (Å²) in [4.78, 5) is 35.1. The van der Waals surface area contributed by atoms with Crippen molar-refractivity contribution in [3.63, 3.8) is 0 Å². The number of carboxylic acids is 1. The summed E-state index contributed by atoms with van der Waals surface area (Å²) in [6.45, 7) is 5.80. The van der Waals surface area contributed by atoms with Crippen LogP contribution in [0.25, 0.3) is 0 Å². The number of urea groups is 1. The van der Waals surface area contributed by atoms with E-state index in [1.807, 2.05) is 6.92 Å². The van der Waals surface area contributed by atoms with Gasteiger partial charge >= 0.3 is 12.0 Å². The Kier molecular flexibility index (Phi) is 5.99. The van der Waals surface area contributed by atoms with Crippen LogP contribution < -0.4 is 16.0 Å². The SMILES string of the molecule is CCNC(=O)C(C)NC(=O)NC1(C(=O)O)CCCC(C)C1. The van der Waals surface area contributed by atoms with Gasteiger partial charge in [-0.05, 0) is 32.6 Å². The monoisotopic (exact) mass is 299 g/mol. The van der Waals surface area contributed by atoms with Gasteiger partial charge in [0, 0.05) is 6.54 Å². The zero-order valence-electron chi connectivity index (χ0n) is 12.9. The molecule has 1 fully saturated rings. The van der Waals surface area contributed by atoms with Gasteiger partial charge in [0.25, 0.3) is 0 Å². The van der Waals surface area contributed by atoms with Crippen molar-refractivity contribution in [2.75, 3.05) is 6.54 Å². The summed E-state index contributed by atoms with van der Waals surface area (Å²) in [5, 5.41) is 17.1. The summed E-state index contributed by atoms with van der Waals surface area (Å²) >= 11 is 0. The highest BCUT2D eigenvalue weighted by atomic mass is 16.4. The molecule has 21 heavy (non-hydrogen) atoms. The molecule has 0 spiro atoms. The predicted octanol–water partition coefficient (Wildman–Crippen LogP) is 0.844. The maximum absolute atomic E-state index is 12.0. The molecule has 1 aliphatic rings. The fraction of sp³-hybridized carbons (Fsp3) is 0.786. The quantitative estimate of drug-likeness (QED) is 0.603. The van der Waals surface area contributed by atoms with E-state index in [1.165, 1.54) is 0 Å². The van der Waals surface area contributed by atoms with Gasteiger partial charge in [-0.1, -0.05) is 19.8 Å². The Morgan fingerprint density at radius 1 is 1.38 bits per heavy atom. The number of carbonyl (C=O) groups excluding carboxylic acids is 2. The zero-order valence-corrected chi connectivity index (χ0v) is 12.9. The highest BCUT2D eigenvalue weighted by Gasteiger charge is 2.43. The highest BCUT2D eigenvalue weighted by molar-refractivity contribution is 5.90. The Morgan fingerprint density at radius 3 is 2.57 bits per heavy atom. The van der Waals surface area contributed by atoms with Crippen molar-refractivity contribution in [3.05, 3.63) is 0 Å². The Labute approximate surface area is 124 Å². The van der Waals surface area contributed by atoms with Crippen LogP contribution in [0.4, 0.5) is 4.79 Å². The summed E-state index contributed by atoms with van der Waals surface area (Å²) < 4.78 is 0. The first-order valence-electron chi connectivity index (χ1n) is 7.40. The maximum Gasteiger partial charge on any atom is 0.329 e. The molecule has 3 amide bonds. The number of aliphatic carboxylic acids is 1. The van der Waals surface area contributed by atoms with Gasteiger partial charge in [0.05, 0.1) is 0 Å². The van der Waals surface area contributed by atoms with Crippen LogP contribution in [0.5, 0.6) is 0 Å². The predicted molar refractivity (Wildman–Crippen MR) is 77.8 cm³/mol. The smallest absolute Gasteiger partial charge is 0.329 e. The van der Waals surface area contributed by atoms with E-state index in [0.29, 0.717) is 19.4 Å². The largest absolute Gasteiger partial charge is 0.480 e. The van der Waals surface area contributed by atoms with E-state index < -0.39 is 23.6 Å². The molecule has 0 aliphatic heterocycles. The van der Waals surface area contributed by atoms with Gasteiger partial charge in [0.15, 0.2) is 0 Å². The van der Waals surface area contributed by atoms with E-state index in [0.717, 1.165) is 12.8 Å². The fourth-order valence-electron chi connectivity index (χ4n) is 2.76. The van der Waals surface area contributed by atoms with Crippen LogP contribution in [0, 0.1) is 5.92 Å². The zero-order chi connectivity index (χ0) is 16.0. The molecule has 4 N–H and O–H groups in total. The second kappa shape index (κ2) is 7.28. The normalized spacial score (nSPS) is 26.5. The van der Waals surface area contributed by atoms with Gasteiger partial charge in [-0.25, -0.2) is 9.59 Å². The van der Waals surface area contributed by atoms with E-state index in [1.54, 1.807) is 13.8 Å². The molecule has 1 aliphatic carbocycles. The molecule has 0 heterocycles. The number of hydrogen-bond donors (Lipinski definition) is 4. The van der Waals surface area contributed by atoms with E-state index in [2.05, 4.69) is 16.0 Å². The molecule has 0 aromatic heterocycles. The van der Waals surface area contributed by atoms with Crippen LogP contribution in [0.15, 0.2) is 0 Å². The third-order valence-corrected chi connectivity index (χ3v) is 3.85. The molecular weight excluding hydrogens is 274 g/mol. The molecule has 7 heteroatoms. The van der Waals surface area contributed by atoms with Gasteiger partial charge in [0.1, 0.15) is 11.6 Å². The van der Waals surface area contributed by atoms with Gasteiger partial charge in [-0.15, -0.1) is 0 Å². The number of amides is 3. The third-order valence-electron chi connectivity index (χ3n) is 3.85. The Bertz CT molecular complexity index is 413. The standard InChI is InChI=1S/C14H25N3O4/c1-4-15-11(18)10(3)16-13(21)17-14(12(19)20)7-5-6-9(2)8-14/h9-10H,4-8H2,1-3H3,(H,15,18)(H,19,20)(H2,16,17,21). The molecule has 7 nitrogen and oxygen atoms in total. The molecule has 0 aromatic rings. The summed E-state index contributed by atoms with van der Waals surface area (Å²) in [5.74, 6) is -1.07. The van der Waals surface area contributed by atoms with Crippen molar-refractivity contribution in [2.45, 2.75) is 58.0 Å². The third kappa shape index (κ3) is 4.61. The number of carbonyl (C=O) groups is 3. The number of carboxylic acid groups (broad SMARTS) is 1. The molecule has 0 bridgehead atoms. The average molecular weight is 299 g/mol. The van der Waals surface area contributed by atoms with Crippen molar-refractivity contribution >= 4 is 17.9 Å². The van der Waals surface area contributed by atoms with E-state index in [9.17, 15) is 19.5 Å². The lowest BCUT2D eigenvalue weighted by atomic mass is 9.76. The Hall–Kier alpha value is -1.79. The Morgan fingerprint density at radius 2 is 2.05 bits per heavy atom. The van der Waals surface area contributed by atoms with Gasteiger partial charge < -0.3 is 21.1 Å². The minimum absolute atomic E-state index is 0.246. The van der Waals surface area contributed by atoms with Crippen molar-refractivity contribution in [1.29, 1.82) is 0 Å². The average Bonchev–Trinajstić information content (AvgIpc) is 2.38. The first kappa shape index (κ1) is 17.3. The fourth-order valence-corrected chi connectivity index (χ4v) is 2.76. The van der Waals surface area contributed by atoms with E-state index in [-0.39, 0.29) is 11.8 Å².